The molecule has 1 unspecified atom stereocenters. The molecule has 3 heteroatoms. The zero-order valence-electron chi connectivity index (χ0n) is 9.18. The molecule has 0 aromatic carbocycles. The molecule has 82 valence electrons. The van der Waals surface area contributed by atoms with Gasteiger partial charge in [0.1, 0.15) is 0 Å². The molecule has 0 aromatic heterocycles. The zero-order valence-corrected chi connectivity index (χ0v) is 10.8. The average molecular weight is 263 g/mol. The Labute approximate surface area is 94.5 Å². The van der Waals surface area contributed by atoms with Crippen molar-refractivity contribution in [1.29, 1.82) is 0 Å². The van der Waals surface area contributed by atoms with Gasteiger partial charge in [-0.3, -0.25) is 0 Å². The Morgan fingerprint density at radius 3 is 2.50 bits per heavy atom. The van der Waals surface area contributed by atoms with Crippen LogP contribution in [0, 0.1) is 5.92 Å². The van der Waals surface area contributed by atoms with E-state index in [2.05, 4.69) is 29.8 Å². The minimum atomic E-state index is 0.0156. The van der Waals surface area contributed by atoms with Gasteiger partial charge >= 0.3 is 0 Å². The van der Waals surface area contributed by atoms with E-state index in [0.717, 1.165) is 13.0 Å². The number of rotatable bonds is 2. The summed E-state index contributed by atoms with van der Waals surface area (Å²) >= 11 is 3.75. The largest absolute Gasteiger partial charge is 0.377 e. The molecule has 0 spiro atoms. The second kappa shape index (κ2) is 3.46. The molecule has 0 radical (unpaired) electrons. The minimum Gasteiger partial charge on any atom is -0.377 e. The van der Waals surface area contributed by atoms with Crippen molar-refractivity contribution < 1.29 is 9.47 Å². The van der Waals surface area contributed by atoms with E-state index < -0.39 is 0 Å². The lowest BCUT2D eigenvalue weighted by Crippen LogP contribution is -2.45. The molecule has 1 aliphatic carbocycles. The van der Waals surface area contributed by atoms with Crippen LogP contribution in [0.25, 0.3) is 0 Å². The molecule has 1 aliphatic heterocycles. The molecule has 14 heavy (non-hydrogen) atoms. The van der Waals surface area contributed by atoms with Crippen LogP contribution in [-0.4, -0.2) is 29.7 Å². The minimum absolute atomic E-state index is 0.0156. The zero-order chi connectivity index (χ0) is 10.4. The summed E-state index contributed by atoms with van der Waals surface area (Å²) in [5.41, 5.74) is 0.197. The van der Waals surface area contributed by atoms with Gasteiger partial charge in [0, 0.05) is 11.9 Å². The fraction of sp³-hybridized carbons (Fsp3) is 1.00. The van der Waals surface area contributed by atoms with Crippen LogP contribution in [0.4, 0.5) is 0 Å². The molecule has 0 N–H and O–H groups in total. The van der Waals surface area contributed by atoms with E-state index in [1.165, 1.54) is 12.8 Å². The van der Waals surface area contributed by atoms with Crippen molar-refractivity contribution in [1.82, 2.24) is 0 Å². The van der Waals surface area contributed by atoms with Crippen LogP contribution in [0.2, 0.25) is 0 Å². The lowest BCUT2D eigenvalue weighted by Gasteiger charge is -2.41. The molecule has 0 aromatic rings. The predicted octanol–water partition coefficient (Wildman–Crippen LogP) is 2.74. The van der Waals surface area contributed by atoms with Crippen LogP contribution in [0.3, 0.4) is 0 Å². The van der Waals surface area contributed by atoms with Crippen LogP contribution >= 0.6 is 15.9 Å². The van der Waals surface area contributed by atoms with Gasteiger partial charge in [0.05, 0.1) is 17.8 Å². The summed E-state index contributed by atoms with van der Waals surface area (Å²) in [5.74, 6) is 0.704. The Morgan fingerprint density at radius 2 is 2.07 bits per heavy atom. The maximum absolute atomic E-state index is 5.58. The molecular weight excluding hydrogens is 244 g/mol. The summed E-state index contributed by atoms with van der Waals surface area (Å²) < 4.78 is 11.1. The molecule has 0 amide bonds. The first-order chi connectivity index (χ1) is 6.50. The Kier molecular flexibility index (Phi) is 2.70. The van der Waals surface area contributed by atoms with E-state index in [1.54, 1.807) is 0 Å². The van der Waals surface area contributed by atoms with Crippen LogP contribution < -0.4 is 0 Å². The van der Waals surface area contributed by atoms with Crippen molar-refractivity contribution in [3.8, 4) is 0 Å². The Balaban J connectivity index is 1.99. The van der Waals surface area contributed by atoms with E-state index in [-0.39, 0.29) is 11.2 Å². The lowest BCUT2D eigenvalue weighted by atomic mass is 9.74. The topological polar surface area (TPSA) is 21.8 Å². The molecule has 2 fully saturated rings. The van der Waals surface area contributed by atoms with E-state index in [4.69, 9.17) is 9.47 Å². The molecular formula is C11H19BrO2. The summed E-state index contributed by atoms with van der Waals surface area (Å²) in [6.45, 7) is 5.37. The quantitative estimate of drug-likeness (QED) is 0.564. The van der Waals surface area contributed by atoms with Gasteiger partial charge in [0.2, 0.25) is 0 Å². The average Bonchev–Trinajstić information content (AvgIpc) is 2.90. The third-order valence-corrected chi connectivity index (χ3v) is 5.42. The number of halogens is 1. The summed E-state index contributed by atoms with van der Waals surface area (Å²) in [6.07, 6.45) is 3.52. The highest BCUT2D eigenvalue weighted by molar-refractivity contribution is 9.09. The third-order valence-electron chi connectivity index (χ3n) is 4.07. The van der Waals surface area contributed by atoms with Gasteiger partial charge in [-0.25, -0.2) is 0 Å². The first kappa shape index (κ1) is 10.9. The standard InChI is InChI=1S/C11H19BrO2/c1-10(13-3)5-4-8(6-9(10)12)11(2)7-14-11/h8-9H,4-7H2,1-3H3/t8-,9+,10+,11?/m1/s1. The van der Waals surface area contributed by atoms with E-state index in [1.807, 2.05) is 7.11 Å². The number of hydrogen-bond donors (Lipinski definition) is 0. The number of methoxy groups -OCH3 is 1. The highest BCUT2D eigenvalue weighted by atomic mass is 79.9. The number of epoxide rings is 1. The molecule has 2 nitrogen and oxygen atoms in total. The summed E-state index contributed by atoms with van der Waals surface area (Å²) in [5, 5.41) is 0. The van der Waals surface area contributed by atoms with Gasteiger partial charge in [0.25, 0.3) is 0 Å². The Hall–Kier alpha value is 0.400. The molecule has 1 heterocycles. The third kappa shape index (κ3) is 1.74. The van der Waals surface area contributed by atoms with Crippen molar-refractivity contribution >= 4 is 15.9 Å². The maximum Gasteiger partial charge on any atom is 0.0917 e. The predicted molar refractivity (Wildman–Crippen MR) is 59.8 cm³/mol. The molecule has 2 aliphatic rings. The molecule has 1 saturated carbocycles. The van der Waals surface area contributed by atoms with Gasteiger partial charge in [0.15, 0.2) is 0 Å². The first-order valence-electron chi connectivity index (χ1n) is 5.33. The van der Waals surface area contributed by atoms with Gasteiger partial charge in [-0.15, -0.1) is 0 Å². The lowest BCUT2D eigenvalue weighted by molar-refractivity contribution is -0.0336. The molecule has 2 rings (SSSR count). The monoisotopic (exact) mass is 262 g/mol. The second-order valence-corrected chi connectivity index (χ2v) is 6.16. The van der Waals surface area contributed by atoms with Crippen LogP contribution in [0.15, 0.2) is 0 Å². The SMILES string of the molecule is CO[C@@]1(C)CC[C@@H](C2(C)CO2)C[C@@H]1Br. The van der Waals surface area contributed by atoms with Crippen molar-refractivity contribution in [3.63, 3.8) is 0 Å². The summed E-state index contributed by atoms with van der Waals surface area (Å²) in [6, 6.07) is 0. The second-order valence-electron chi connectivity index (χ2n) is 5.06. The molecule has 1 saturated heterocycles. The van der Waals surface area contributed by atoms with Crippen molar-refractivity contribution in [2.45, 2.75) is 49.1 Å². The molecule has 4 atom stereocenters. The van der Waals surface area contributed by atoms with Gasteiger partial charge < -0.3 is 9.47 Å². The van der Waals surface area contributed by atoms with Gasteiger partial charge in [-0.05, 0) is 39.0 Å². The maximum atomic E-state index is 5.58. The summed E-state index contributed by atoms with van der Waals surface area (Å²) in [7, 11) is 1.81. The number of alkyl halides is 1. The molecule has 0 bridgehead atoms. The Bertz CT molecular complexity index is 227. The van der Waals surface area contributed by atoms with E-state index >= 15 is 0 Å². The Morgan fingerprint density at radius 1 is 1.43 bits per heavy atom. The normalized spacial score (nSPS) is 53.1. The van der Waals surface area contributed by atoms with E-state index in [0.29, 0.717) is 10.7 Å². The van der Waals surface area contributed by atoms with Crippen LogP contribution in [0.5, 0.6) is 0 Å². The fourth-order valence-corrected chi connectivity index (χ4v) is 3.24. The number of ether oxygens (including phenoxy) is 2. The fourth-order valence-electron chi connectivity index (χ4n) is 2.37. The van der Waals surface area contributed by atoms with Crippen LogP contribution in [0.1, 0.15) is 33.1 Å². The highest BCUT2D eigenvalue weighted by Crippen LogP contribution is 2.47. The number of hydrogen-bond acceptors (Lipinski definition) is 2. The first-order valence-corrected chi connectivity index (χ1v) is 6.25. The van der Waals surface area contributed by atoms with E-state index in [9.17, 15) is 0 Å². The van der Waals surface area contributed by atoms with Crippen LogP contribution in [-0.2, 0) is 9.47 Å². The highest BCUT2D eigenvalue weighted by Gasteiger charge is 2.51. The van der Waals surface area contributed by atoms with Crippen molar-refractivity contribution in [2.24, 2.45) is 5.92 Å². The smallest absolute Gasteiger partial charge is 0.0917 e. The van der Waals surface area contributed by atoms with Crippen molar-refractivity contribution in [2.75, 3.05) is 13.7 Å². The summed E-state index contributed by atoms with van der Waals surface area (Å²) in [4.78, 5) is 0.458. The van der Waals surface area contributed by atoms with Gasteiger partial charge in [-0.2, -0.15) is 0 Å². The van der Waals surface area contributed by atoms with Crippen molar-refractivity contribution in [3.05, 3.63) is 0 Å². The van der Waals surface area contributed by atoms with Gasteiger partial charge in [-0.1, -0.05) is 15.9 Å².